The van der Waals surface area contributed by atoms with Crippen molar-refractivity contribution in [3.63, 3.8) is 0 Å². The molecule has 4 nitrogen and oxygen atoms in total. The van der Waals surface area contributed by atoms with Crippen molar-refractivity contribution in [1.29, 1.82) is 0 Å². The maximum atomic E-state index is 6.34. The van der Waals surface area contributed by atoms with Crippen LogP contribution in [0.2, 0.25) is 5.15 Å². The summed E-state index contributed by atoms with van der Waals surface area (Å²) in [6.07, 6.45) is 2.63. The largest absolute Gasteiger partial charge is 0.309 e. The van der Waals surface area contributed by atoms with Gasteiger partial charge < -0.3 is 5.32 Å². The van der Waals surface area contributed by atoms with Crippen LogP contribution in [0.5, 0.6) is 0 Å². The van der Waals surface area contributed by atoms with Gasteiger partial charge in [0.25, 0.3) is 0 Å². The fourth-order valence-electron chi connectivity index (χ4n) is 2.48. The highest BCUT2D eigenvalue weighted by Gasteiger charge is 2.20. The van der Waals surface area contributed by atoms with Crippen molar-refractivity contribution in [2.75, 3.05) is 6.54 Å². The van der Waals surface area contributed by atoms with Crippen molar-refractivity contribution in [1.82, 2.24) is 20.1 Å². The second-order valence-corrected chi connectivity index (χ2v) is 5.36. The Kier molecular flexibility index (Phi) is 4.78. The van der Waals surface area contributed by atoms with E-state index < -0.39 is 0 Å². The lowest BCUT2D eigenvalue weighted by Gasteiger charge is -2.19. The summed E-state index contributed by atoms with van der Waals surface area (Å²) in [4.78, 5) is 4.53. The zero-order valence-electron chi connectivity index (χ0n) is 12.4. The molecule has 20 heavy (non-hydrogen) atoms. The van der Waals surface area contributed by atoms with E-state index >= 15 is 0 Å². The summed E-state index contributed by atoms with van der Waals surface area (Å²) < 4.78 is 1.72. The summed E-state index contributed by atoms with van der Waals surface area (Å²) in [5.74, 6) is 0. The maximum absolute atomic E-state index is 6.34. The van der Waals surface area contributed by atoms with E-state index in [4.69, 9.17) is 11.6 Å². The first-order valence-corrected chi connectivity index (χ1v) is 7.25. The van der Waals surface area contributed by atoms with Crippen LogP contribution in [0.3, 0.4) is 0 Å². The zero-order valence-corrected chi connectivity index (χ0v) is 13.2. The van der Waals surface area contributed by atoms with Crippen LogP contribution in [0.1, 0.15) is 35.5 Å². The van der Waals surface area contributed by atoms with Crippen molar-refractivity contribution < 1.29 is 0 Å². The summed E-state index contributed by atoms with van der Waals surface area (Å²) in [5.41, 5.74) is 4.34. The molecule has 2 aromatic rings. The number of nitrogens with one attached hydrogen (secondary N) is 1. The minimum absolute atomic E-state index is 0.154. The standard InChI is InChI=1S/C15H21ClN4/c1-5-17-13(14-10(2)7-6-8-18-14)9-12-11(3)19-20(4)15(12)16/h6-8,13,17H,5,9H2,1-4H3. The van der Waals surface area contributed by atoms with Crippen LogP contribution < -0.4 is 5.32 Å². The van der Waals surface area contributed by atoms with E-state index in [2.05, 4.69) is 35.3 Å². The third-order valence-electron chi connectivity index (χ3n) is 3.51. The first-order chi connectivity index (χ1) is 9.54. The van der Waals surface area contributed by atoms with Crippen molar-refractivity contribution >= 4 is 11.6 Å². The first-order valence-electron chi connectivity index (χ1n) is 6.87. The maximum Gasteiger partial charge on any atom is 0.130 e. The van der Waals surface area contributed by atoms with E-state index in [-0.39, 0.29) is 6.04 Å². The molecule has 1 unspecified atom stereocenters. The number of rotatable bonds is 5. The molecular weight excluding hydrogens is 272 g/mol. The molecule has 0 spiro atoms. The second kappa shape index (κ2) is 6.37. The second-order valence-electron chi connectivity index (χ2n) is 5.00. The quantitative estimate of drug-likeness (QED) is 0.921. The third-order valence-corrected chi connectivity index (χ3v) is 3.98. The Bertz CT molecular complexity index is 592. The van der Waals surface area contributed by atoms with Gasteiger partial charge >= 0.3 is 0 Å². The van der Waals surface area contributed by atoms with E-state index in [0.717, 1.165) is 29.9 Å². The van der Waals surface area contributed by atoms with Gasteiger partial charge in [-0.25, -0.2) is 0 Å². The Morgan fingerprint density at radius 3 is 2.70 bits per heavy atom. The number of halogens is 1. The minimum atomic E-state index is 0.154. The number of likely N-dealkylation sites (N-methyl/N-ethyl adjacent to an activating group) is 1. The molecule has 0 bridgehead atoms. The Morgan fingerprint density at radius 1 is 1.40 bits per heavy atom. The number of hydrogen-bond donors (Lipinski definition) is 1. The van der Waals surface area contributed by atoms with Crippen LogP contribution in [0.4, 0.5) is 0 Å². The molecule has 0 saturated heterocycles. The van der Waals surface area contributed by atoms with Gasteiger partial charge in [0, 0.05) is 18.8 Å². The van der Waals surface area contributed by atoms with E-state index in [1.165, 1.54) is 5.56 Å². The summed E-state index contributed by atoms with van der Waals surface area (Å²) in [6.45, 7) is 7.07. The molecule has 108 valence electrons. The Morgan fingerprint density at radius 2 is 2.15 bits per heavy atom. The van der Waals surface area contributed by atoms with Crippen LogP contribution in [-0.2, 0) is 13.5 Å². The SMILES string of the molecule is CCNC(Cc1c(C)nn(C)c1Cl)c1ncccc1C. The third kappa shape index (κ3) is 3.02. The van der Waals surface area contributed by atoms with Gasteiger partial charge in [0.1, 0.15) is 5.15 Å². The molecule has 0 aromatic carbocycles. The Hall–Kier alpha value is -1.39. The molecule has 1 N–H and O–H groups in total. The number of aryl methyl sites for hydroxylation is 3. The molecular formula is C15H21ClN4. The molecule has 0 amide bonds. The van der Waals surface area contributed by atoms with Crippen molar-refractivity contribution in [2.45, 2.75) is 33.2 Å². The summed E-state index contributed by atoms with van der Waals surface area (Å²) in [7, 11) is 1.87. The van der Waals surface area contributed by atoms with Crippen LogP contribution in [-0.4, -0.2) is 21.3 Å². The lowest BCUT2D eigenvalue weighted by atomic mass is 10.0. The molecule has 0 aliphatic heterocycles. The van der Waals surface area contributed by atoms with Crippen molar-refractivity contribution in [2.24, 2.45) is 7.05 Å². The number of pyridine rings is 1. The van der Waals surface area contributed by atoms with E-state index in [1.54, 1.807) is 4.68 Å². The Labute approximate surface area is 125 Å². The molecule has 2 rings (SSSR count). The molecule has 0 saturated carbocycles. The molecule has 5 heteroatoms. The number of nitrogens with zero attached hydrogens (tertiary/aromatic N) is 3. The predicted octanol–water partition coefficient (Wildman–Crippen LogP) is 2.98. The van der Waals surface area contributed by atoms with Crippen molar-refractivity contribution in [3.8, 4) is 0 Å². The van der Waals surface area contributed by atoms with Gasteiger partial charge in [0.2, 0.25) is 0 Å². The lowest BCUT2D eigenvalue weighted by molar-refractivity contribution is 0.533. The van der Waals surface area contributed by atoms with Gasteiger partial charge in [0.05, 0.1) is 17.4 Å². The normalized spacial score (nSPS) is 12.7. The van der Waals surface area contributed by atoms with Crippen LogP contribution in [0.25, 0.3) is 0 Å². The van der Waals surface area contributed by atoms with E-state index in [1.807, 2.05) is 26.2 Å². The average molecular weight is 293 g/mol. The van der Waals surface area contributed by atoms with Crippen LogP contribution in [0.15, 0.2) is 18.3 Å². The molecule has 2 aromatic heterocycles. The average Bonchev–Trinajstić information content (AvgIpc) is 2.65. The van der Waals surface area contributed by atoms with Gasteiger partial charge in [-0.1, -0.05) is 24.6 Å². The van der Waals surface area contributed by atoms with Gasteiger partial charge in [-0.15, -0.1) is 0 Å². The monoisotopic (exact) mass is 292 g/mol. The molecule has 1 atom stereocenters. The van der Waals surface area contributed by atoms with Crippen LogP contribution in [0, 0.1) is 13.8 Å². The topological polar surface area (TPSA) is 42.7 Å². The van der Waals surface area contributed by atoms with Gasteiger partial charge in [-0.05, 0) is 38.4 Å². The summed E-state index contributed by atoms with van der Waals surface area (Å²) in [5, 5.41) is 8.58. The van der Waals surface area contributed by atoms with Gasteiger partial charge in [-0.2, -0.15) is 5.10 Å². The summed E-state index contributed by atoms with van der Waals surface area (Å²) in [6, 6.07) is 4.20. The highest BCUT2D eigenvalue weighted by atomic mass is 35.5. The first kappa shape index (κ1) is 15.0. The fraction of sp³-hybridized carbons (Fsp3) is 0.467. The van der Waals surface area contributed by atoms with E-state index in [9.17, 15) is 0 Å². The minimum Gasteiger partial charge on any atom is -0.309 e. The number of aromatic nitrogens is 3. The summed E-state index contributed by atoms with van der Waals surface area (Å²) >= 11 is 6.34. The van der Waals surface area contributed by atoms with Crippen LogP contribution >= 0.6 is 11.6 Å². The molecule has 0 radical (unpaired) electrons. The predicted molar refractivity (Wildman–Crippen MR) is 82.1 cm³/mol. The smallest absolute Gasteiger partial charge is 0.130 e. The van der Waals surface area contributed by atoms with E-state index in [0.29, 0.717) is 5.15 Å². The number of hydrogen-bond acceptors (Lipinski definition) is 3. The fourth-order valence-corrected chi connectivity index (χ4v) is 2.74. The Balaban J connectivity index is 2.33. The van der Waals surface area contributed by atoms with Gasteiger partial charge in [-0.3, -0.25) is 9.67 Å². The highest BCUT2D eigenvalue weighted by Crippen LogP contribution is 2.26. The molecule has 2 heterocycles. The molecule has 0 fully saturated rings. The zero-order chi connectivity index (χ0) is 14.7. The highest BCUT2D eigenvalue weighted by molar-refractivity contribution is 6.30. The lowest BCUT2D eigenvalue weighted by Crippen LogP contribution is -2.25. The van der Waals surface area contributed by atoms with Gasteiger partial charge in [0.15, 0.2) is 0 Å². The molecule has 0 aliphatic rings. The molecule has 0 aliphatic carbocycles. The van der Waals surface area contributed by atoms with Crippen molar-refractivity contribution in [3.05, 3.63) is 46.0 Å².